The molecule has 192 valence electrons. The minimum absolute atomic E-state index is 0.0687. The first-order chi connectivity index (χ1) is 17.8. The number of sulfonamides is 1. The molecule has 1 unspecified atom stereocenters. The summed E-state index contributed by atoms with van der Waals surface area (Å²) in [4.78, 5) is 7.21. The van der Waals surface area contributed by atoms with Crippen LogP contribution in [0.3, 0.4) is 0 Å². The van der Waals surface area contributed by atoms with Crippen LogP contribution in [0.15, 0.2) is 53.6 Å². The predicted octanol–water partition coefficient (Wildman–Crippen LogP) is 5.32. The fourth-order valence-corrected chi connectivity index (χ4v) is 7.16. The van der Waals surface area contributed by atoms with Crippen molar-refractivity contribution in [1.82, 2.24) is 20.1 Å². The maximum Gasteiger partial charge on any atom is 0.239 e. The Morgan fingerprint density at radius 2 is 1.78 bits per heavy atom. The molecule has 0 amide bonds. The Kier molecular flexibility index (Phi) is 6.31. The van der Waals surface area contributed by atoms with E-state index in [0.717, 1.165) is 35.0 Å². The zero-order valence-corrected chi connectivity index (χ0v) is 22.3. The molecule has 6 rings (SSSR count). The summed E-state index contributed by atoms with van der Waals surface area (Å²) in [7, 11) is -3.90. The minimum atomic E-state index is -3.90. The summed E-state index contributed by atoms with van der Waals surface area (Å²) in [6.07, 6.45) is 9.16. The van der Waals surface area contributed by atoms with Gasteiger partial charge in [-0.1, -0.05) is 35.9 Å². The molecule has 0 spiro atoms. The van der Waals surface area contributed by atoms with Gasteiger partial charge in [-0.2, -0.15) is 5.10 Å². The van der Waals surface area contributed by atoms with E-state index in [1.807, 2.05) is 6.20 Å². The number of nitrogens with zero attached hydrogens (tertiary/aromatic N) is 3. The van der Waals surface area contributed by atoms with Crippen LogP contribution in [-0.4, -0.2) is 47.1 Å². The molecule has 2 aromatic heterocycles. The SMILES string of the molecule is C[C@@H]1CCCN1C1CCc2ccc(-c3cnc4n[nH]c(-c5ccc(S(N)(=O)=O)c(Cl)c5)c4c3)cc2CC1. The second kappa shape index (κ2) is 9.51. The summed E-state index contributed by atoms with van der Waals surface area (Å²) < 4.78 is 23.5. The van der Waals surface area contributed by atoms with Crippen LogP contribution >= 0.6 is 11.6 Å². The topological polar surface area (TPSA) is 105 Å². The molecule has 3 heterocycles. The van der Waals surface area contributed by atoms with Crippen molar-refractivity contribution < 1.29 is 8.42 Å². The number of pyridine rings is 1. The molecule has 1 saturated heterocycles. The molecule has 1 aliphatic heterocycles. The van der Waals surface area contributed by atoms with Gasteiger partial charge in [0, 0.05) is 34.8 Å². The van der Waals surface area contributed by atoms with Crippen molar-refractivity contribution in [2.75, 3.05) is 6.54 Å². The summed E-state index contributed by atoms with van der Waals surface area (Å²) in [5.41, 5.74) is 7.07. The third-order valence-electron chi connectivity index (χ3n) is 8.04. The van der Waals surface area contributed by atoms with Gasteiger partial charge in [0.25, 0.3) is 0 Å². The third kappa shape index (κ3) is 4.68. The number of likely N-dealkylation sites (tertiary alicyclic amines) is 1. The fraction of sp³-hybridized carbons (Fsp3) is 0.357. The number of aromatic amines is 1. The molecule has 0 bridgehead atoms. The number of primary sulfonamides is 1. The third-order valence-corrected chi connectivity index (χ3v) is 9.44. The average molecular weight is 536 g/mol. The average Bonchev–Trinajstić information content (AvgIpc) is 3.43. The molecular weight excluding hydrogens is 506 g/mol. The molecule has 7 nitrogen and oxygen atoms in total. The van der Waals surface area contributed by atoms with Crippen LogP contribution in [-0.2, 0) is 22.9 Å². The van der Waals surface area contributed by atoms with Crippen LogP contribution < -0.4 is 5.14 Å². The lowest BCUT2D eigenvalue weighted by Crippen LogP contribution is -2.37. The largest absolute Gasteiger partial charge is 0.298 e. The number of hydrogen-bond acceptors (Lipinski definition) is 5. The lowest BCUT2D eigenvalue weighted by molar-refractivity contribution is 0.174. The molecule has 2 aliphatic rings. The molecule has 2 aromatic carbocycles. The molecule has 1 fully saturated rings. The Labute approximate surface area is 222 Å². The Balaban J connectivity index is 1.31. The molecule has 2 atom stereocenters. The Bertz CT molecular complexity index is 1600. The van der Waals surface area contributed by atoms with Gasteiger partial charge >= 0.3 is 0 Å². The first kappa shape index (κ1) is 24.6. The van der Waals surface area contributed by atoms with Crippen molar-refractivity contribution in [3.8, 4) is 22.4 Å². The Morgan fingerprint density at radius 1 is 1.00 bits per heavy atom. The molecule has 1 aliphatic carbocycles. The van der Waals surface area contributed by atoms with Gasteiger partial charge in [0.1, 0.15) is 4.90 Å². The molecule has 0 saturated carbocycles. The van der Waals surface area contributed by atoms with Crippen molar-refractivity contribution in [1.29, 1.82) is 0 Å². The van der Waals surface area contributed by atoms with Gasteiger partial charge in [0.15, 0.2) is 5.65 Å². The molecular formula is C28H30ClN5O2S. The number of nitrogens with one attached hydrogen (secondary N) is 1. The van der Waals surface area contributed by atoms with Crippen LogP contribution in [0.1, 0.15) is 43.7 Å². The summed E-state index contributed by atoms with van der Waals surface area (Å²) in [5, 5.41) is 13.5. The van der Waals surface area contributed by atoms with Crippen molar-refractivity contribution in [2.24, 2.45) is 5.14 Å². The van der Waals surface area contributed by atoms with Crippen molar-refractivity contribution >= 4 is 32.7 Å². The number of hydrogen-bond donors (Lipinski definition) is 2. The second-order valence-corrected chi connectivity index (χ2v) is 12.3. The molecule has 9 heteroatoms. The van der Waals surface area contributed by atoms with E-state index < -0.39 is 10.0 Å². The van der Waals surface area contributed by atoms with Crippen LogP contribution in [0.4, 0.5) is 0 Å². The van der Waals surface area contributed by atoms with Gasteiger partial charge in [-0.15, -0.1) is 0 Å². The van der Waals surface area contributed by atoms with E-state index >= 15 is 0 Å². The van der Waals surface area contributed by atoms with Crippen molar-refractivity contribution in [3.05, 3.63) is 64.8 Å². The highest BCUT2D eigenvalue weighted by Gasteiger charge is 2.29. The van der Waals surface area contributed by atoms with Crippen LogP contribution in [0.25, 0.3) is 33.4 Å². The summed E-state index contributed by atoms with van der Waals surface area (Å²) in [5.74, 6) is 0. The second-order valence-electron chi connectivity index (χ2n) is 10.3. The zero-order valence-electron chi connectivity index (χ0n) is 20.7. The highest BCUT2D eigenvalue weighted by atomic mass is 35.5. The monoisotopic (exact) mass is 535 g/mol. The van der Waals surface area contributed by atoms with E-state index in [-0.39, 0.29) is 9.92 Å². The van der Waals surface area contributed by atoms with Gasteiger partial charge in [0.05, 0.1) is 10.7 Å². The summed E-state index contributed by atoms with van der Waals surface area (Å²) in [6.45, 7) is 3.61. The first-order valence-corrected chi connectivity index (χ1v) is 14.7. The van der Waals surface area contributed by atoms with E-state index in [1.165, 1.54) is 49.4 Å². The zero-order chi connectivity index (χ0) is 25.7. The maximum atomic E-state index is 11.7. The highest BCUT2D eigenvalue weighted by Crippen LogP contribution is 2.34. The minimum Gasteiger partial charge on any atom is -0.298 e. The summed E-state index contributed by atoms with van der Waals surface area (Å²) in [6, 6.07) is 14.9. The predicted molar refractivity (Wildman–Crippen MR) is 147 cm³/mol. The van der Waals surface area contributed by atoms with Gasteiger partial charge in [-0.3, -0.25) is 10.00 Å². The number of halogens is 1. The lowest BCUT2D eigenvalue weighted by atomic mass is 9.96. The highest BCUT2D eigenvalue weighted by molar-refractivity contribution is 7.89. The quantitative estimate of drug-likeness (QED) is 0.344. The van der Waals surface area contributed by atoms with Gasteiger partial charge in [-0.05, 0) is 86.9 Å². The van der Waals surface area contributed by atoms with Crippen LogP contribution in [0.5, 0.6) is 0 Å². The lowest BCUT2D eigenvalue weighted by Gasteiger charge is -2.30. The number of rotatable bonds is 4. The van der Waals surface area contributed by atoms with Crippen LogP contribution in [0, 0.1) is 0 Å². The van der Waals surface area contributed by atoms with E-state index in [4.69, 9.17) is 16.7 Å². The molecule has 37 heavy (non-hydrogen) atoms. The molecule has 3 N–H and O–H groups in total. The van der Waals surface area contributed by atoms with E-state index in [1.54, 1.807) is 12.1 Å². The summed E-state index contributed by atoms with van der Waals surface area (Å²) >= 11 is 6.24. The smallest absolute Gasteiger partial charge is 0.239 e. The van der Waals surface area contributed by atoms with Gasteiger partial charge in [-0.25, -0.2) is 18.5 Å². The molecule has 0 radical (unpaired) electrons. The number of fused-ring (bicyclic) bond motifs is 2. The number of aryl methyl sites for hydroxylation is 2. The van der Waals surface area contributed by atoms with E-state index in [9.17, 15) is 8.42 Å². The number of benzene rings is 2. The van der Waals surface area contributed by atoms with E-state index in [2.05, 4.69) is 51.3 Å². The van der Waals surface area contributed by atoms with Crippen molar-refractivity contribution in [3.63, 3.8) is 0 Å². The first-order valence-electron chi connectivity index (χ1n) is 12.8. The Hall–Kier alpha value is -2.78. The van der Waals surface area contributed by atoms with Gasteiger partial charge in [0.2, 0.25) is 10.0 Å². The number of H-pyrrole nitrogens is 1. The number of aromatic nitrogens is 3. The van der Waals surface area contributed by atoms with Crippen LogP contribution in [0.2, 0.25) is 5.02 Å². The maximum absolute atomic E-state index is 11.7. The standard InChI is InChI=1S/C28H30ClN5O2S/c1-17-3-2-12-34(17)23-9-6-18-4-5-20(13-19(18)7-10-23)22-14-24-27(32-33-28(24)31-16-22)21-8-11-26(25(29)15-21)37(30,35)36/h4-5,8,11,13-17,23H,2-3,6-7,9-10,12H2,1H3,(H2,30,35,36)(H,31,32,33)/t17-,23?/m1/s1. The van der Waals surface area contributed by atoms with E-state index in [0.29, 0.717) is 23.3 Å². The van der Waals surface area contributed by atoms with Crippen molar-refractivity contribution in [2.45, 2.75) is 62.4 Å². The fourth-order valence-electron chi connectivity index (χ4n) is 6.06. The number of nitrogens with two attached hydrogens (primary N) is 1. The molecule has 4 aromatic rings. The van der Waals surface area contributed by atoms with Gasteiger partial charge < -0.3 is 0 Å². The normalized spacial score (nSPS) is 20.7. The Morgan fingerprint density at radius 3 is 2.51 bits per heavy atom.